The molecule has 2 aromatic carbocycles. The number of halogens is 1. The number of pyridine rings is 1. The topological polar surface area (TPSA) is 15.9 Å². The van der Waals surface area contributed by atoms with Crippen molar-refractivity contribution in [1.82, 2.24) is 0 Å². The number of para-hydroxylation sites is 2. The maximum absolute atomic E-state index is 3.72. The summed E-state index contributed by atoms with van der Waals surface area (Å²) in [5, 5.41) is 6.35. The van der Waals surface area contributed by atoms with Crippen LogP contribution in [0.2, 0.25) is 0 Å². The van der Waals surface area contributed by atoms with Gasteiger partial charge in [0, 0.05) is 18.2 Å². The molecular formula is C17H17ClN2. The van der Waals surface area contributed by atoms with E-state index < -0.39 is 0 Å². The van der Waals surface area contributed by atoms with E-state index >= 15 is 0 Å². The second kappa shape index (κ2) is 4.95. The average molecular weight is 285 g/mol. The number of hydrogen-bond donors (Lipinski definition) is 1. The van der Waals surface area contributed by atoms with Crippen LogP contribution in [-0.4, -0.2) is 6.04 Å². The first-order chi connectivity index (χ1) is 9.34. The van der Waals surface area contributed by atoms with E-state index in [1.54, 1.807) is 0 Å². The van der Waals surface area contributed by atoms with Crippen LogP contribution in [0, 0.1) is 0 Å². The van der Waals surface area contributed by atoms with Crippen molar-refractivity contribution in [2.45, 2.75) is 18.9 Å². The number of rotatable bonds is 2. The van der Waals surface area contributed by atoms with E-state index in [4.69, 9.17) is 0 Å². The van der Waals surface area contributed by atoms with Gasteiger partial charge in [-0.15, -0.1) is 0 Å². The van der Waals surface area contributed by atoms with Crippen molar-refractivity contribution in [3.8, 4) is 0 Å². The van der Waals surface area contributed by atoms with E-state index in [1.807, 2.05) is 0 Å². The van der Waals surface area contributed by atoms with Crippen LogP contribution in [0.3, 0.4) is 0 Å². The Morgan fingerprint density at radius 2 is 1.40 bits per heavy atom. The van der Waals surface area contributed by atoms with Crippen LogP contribution in [0.4, 0.5) is 5.69 Å². The molecule has 3 aromatic rings. The maximum Gasteiger partial charge on any atom is 0.214 e. The first kappa shape index (κ1) is 13.2. The van der Waals surface area contributed by atoms with Crippen LogP contribution in [0.15, 0.2) is 48.5 Å². The van der Waals surface area contributed by atoms with Gasteiger partial charge in [-0.2, -0.15) is 4.57 Å². The van der Waals surface area contributed by atoms with Crippen molar-refractivity contribution < 1.29 is 17.0 Å². The van der Waals surface area contributed by atoms with Crippen molar-refractivity contribution in [3.63, 3.8) is 0 Å². The van der Waals surface area contributed by atoms with Crippen molar-refractivity contribution in [1.29, 1.82) is 0 Å². The lowest BCUT2D eigenvalue weighted by Crippen LogP contribution is -3.00. The Labute approximate surface area is 124 Å². The van der Waals surface area contributed by atoms with Gasteiger partial charge in [0.15, 0.2) is 0 Å². The summed E-state index contributed by atoms with van der Waals surface area (Å²) in [5.41, 5.74) is 3.86. The number of hydrogen-bond acceptors (Lipinski definition) is 1. The third-order valence-electron chi connectivity index (χ3n) is 4.00. The van der Waals surface area contributed by atoms with Gasteiger partial charge in [-0.3, -0.25) is 0 Å². The lowest BCUT2D eigenvalue weighted by molar-refractivity contribution is -0.617. The molecule has 0 spiro atoms. The molecule has 1 heterocycles. The van der Waals surface area contributed by atoms with Crippen LogP contribution in [0.5, 0.6) is 0 Å². The van der Waals surface area contributed by atoms with Gasteiger partial charge in [-0.25, -0.2) is 0 Å². The van der Waals surface area contributed by atoms with Crippen molar-refractivity contribution in [3.05, 3.63) is 48.5 Å². The fourth-order valence-electron chi connectivity index (χ4n) is 2.82. The zero-order valence-corrected chi connectivity index (χ0v) is 12.2. The van der Waals surface area contributed by atoms with E-state index in [0.717, 1.165) is 0 Å². The molecule has 1 saturated carbocycles. The summed E-state index contributed by atoms with van der Waals surface area (Å²) < 4.78 is 2.28. The normalized spacial score (nSPS) is 14.2. The lowest BCUT2D eigenvalue weighted by atomic mass is 10.1. The molecule has 4 rings (SSSR count). The third kappa shape index (κ3) is 2.01. The summed E-state index contributed by atoms with van der Waals surface area (Å²) in [7, 11) is 2.14. The van der Waals surface area contributed by atoms with Gasteiger partial charge in [0.25, 0.3) is 0 Å². The van der Waals surface area contributed by atoms with Crippen LogP contribution in [0.25, 0.3) is 21.8 Å². The molecule has 0 radical (unpaired) electrons. The van der Waals surface area contributed by atoms with Crippen LogP contribution in [-0.2, 0) is 7.05 Å². The number of anilines is 1. The predicted octanol–water partition coefficient (Wildman–Crippen LogP) is 0.396. The highest BCUT2D eigenvalue weighted by atomic mass is 35.5. The summed E-state index contributed by atoms with van der Waals surface area (Å²) in [6.07, 6.45) is 2.59. The zero-order valence-electron chi connectivity index (χ0n) is 11.4. The summed E-state index contributed by atoms with van der Waals surface area (Å²) in [6.45, 7) is 0. The van der Waals surface area contributed by atoms with Gasteiger partial charge in [-0.1, -0.05) is 24.3 Å². The molecule has 1 aliphatic rings. The van der Waals surface area contributed by atoms with Crippen LogP contribution >= 0.6 is 0 Å². The zero-order chi connectivity index (χ0) is 12.8. The van der Waals surface area contributed by atoms with Crippen LogP contribution in [0.1, 0.15) is 12.8 Å². The fraction of sp³-hybridized carbons (Fsp3) is 0.235. The summed E-state index contributed by atoms with van der Waals surface area (Å²) >= 11 is 0. The van der Waals surface area contributed by atoms with Crippen molar-refractivity contribution in [2.75, 3.05) is 5.32 Å². The standard InChI is InChI=1S/C17H16N2.ClH/c1-19-15-8-4-2-6-13(15)17(18-12-10-11-12)14-7-3-5-9-16(14)19;/h2-9,12H,10-11H2,1H3;1H. The molecule has 0 aliphatic heterocycles. The molecule has 1 aromatic heterocycles. The van der Waals surface area contributed by atoms with Gasteiger partial charge in [0.1, 0.15) is 7.05 Å². The van der Waals surface area contributed by atoms with Crippen LogP contribution < -0.4 is 22.3 Å². The second-order valence-electron chi connectivity index (χ2n) is 5.39. The van der Waals surface area contributed by atoms with Gasteiger partial charge in [0.05, 0.1) is 16.5 Å². The molecule has 1 fully saturated rings. The van der Waals surface area contributed by atoms with E-state index in [2.05, 4.69) is 65.5 Å². The van der Waals surface area contributed by atoms with Crippen molar-refractivity contribution in [2.24, 2.45) is 7.05 Å². The Morgan fingerprint density at radius 1 is 0.900 bits per heavy atom. The number of nitrogens with one attached hydrogen (secondary N) is 1. The van der Waals surface area contributed by atoms with Gasteiger partial charge < -0.3 is 17.7 Å². The molecule has 0 saturated heterocycles. The largest absolute Gasteiger partial charge is 1.00 e. The Hall–Kier alpha value is -1.80. The second-order valence-corrected chi connectivity index (χ2v) is 5.39. The van der Waals surface area contributed by atoms with E-state index in [0.29, 0.717) is 6.04 Å². The van der Waals surface area contributed by atoms with E-state index in [-0.39, 0.29) is 12.4 Å². The minimum absolute atomic E-state index is 0. The molecule has 1 N–H and O–H groups in total. The lowest BCUT2D eigenvalue weighted by Gasteiger charge is -2.11. The molecular weight excluding hydrogens is 268 g/mol. The molecule has 0 atom stereocenters. The minimum atomic E-state index is 0. The van der Waals surface area contributed by atoms with E-state index in [9.17, 15) is 0 Å². The Bertz CT molecular complexity index is 721. The highest BCUT2D eigenvalue weighted by Gasteiger charge is 2.25. The average Bonchev–Trinajstić information content (AvgIpc) is 3.28. The quantitative estimate of drug-likeness (QED) is 0.532. The number of nitrogens with zero attached hydrogens (tertiary/aromatic N) is 1. The van der Waals surface area contributed by atoms with Crippen molar-refractivity contribution >= 4 is 27.5 Å². The van der Waals surface area contributed by atoms with Gasteiger partial charge >= 0.3 is 0 Å². The predicted molar refractivity (Wildman–Crippen MR) is 79.3 cm³/mol. The first-order valence-corrected chi connectivity index (χ1v) is 6.90. The van der Waals surface area contributed by atoms with Gasteiger partial charge in [-0.05, 0) is 25.0 Å². The SMILES string of the molecule is C[n+]1c2ccccc2c(NC2CC2)c2ccccc21.[Cl-]. The van der Waals surface area contributed by atoms with Gasteiger partial charge in [0.2, 0.25) is 11.0 Å². The molecule has 0 amide bonds. The molecule has 0 unspecified atom stereocenters. The highest BCUT2D eigenvalue weighted by molar-refractivity contribution is 6.04. The monoisotopic (exact) mass is 284 g/mol. The Kier molecular flexibility index (Phi) is 3.27. The molecule has 0 bridgehead atoms. The highest BCUT2D eigenvalue weighted by Crippen LogP contribution is 2.33. The number of aryl methyl sites for hydroxylation is 1. The summed E-state index contributed by atoms with van der Waals surface area (Å²) in [6, 6.07) is 17.9. The summed E-state index contributed by atoms with van der Waals surface area (Å²) in [5.74, 6) is 0. The number of fused-ring (bicyclic) bond motifs is 2. The fourth-order valence-corrected chi connectivity index (χ4v) is 2.82. The van der Waals surface area contributed by atoms with E-state index in [1.165, 1.54) is 40.3 Å². The molecule has 2 nitrogen and oxygen atoms in total. The number of aromatic nitrogens is 1. The molecule has 102 valence electrons. The first-order valence-electron chi connectivity index (χ1n) is 6.90. The molecule has 1 aliphatic carbocycles. The number of benzene rings is 2. The summed E-state index contributed by atoms with van der Waals surface area (Å²) in [4.78, 5) is 0. The Morgan fingerprint density at radius 3 is 1.90 bits per heavy atom. The maximum atomic E-state index is 3.72. The molecule has 3 heteroatoms. The third-order valence-corrected chi connectivity index (χ3v) is 4.00. The minimum Gasteiger partial charge on any atom is -1.00 e. The molecule has 20 heavy (non-hydrogen) atoms. The smallest absolute Gasteiger partial charge is 0.214 e. The Balaban J connectivity index is 0.00000121.